The number of aromatic nitrogens is 2. The molecule has 15 heavy (non-hydrogen) atoms. The zero-order chi connectivity index (χ0) is 11.1. The van der Waals surface area contributed by atoms with Crippen LogP contribution in [-0.4, -0.2) is 9.97 Å². The minimum Gasteiger partial charge on any atom is -0.396 e. The van der Waals surface area contributed by atoms with Crippen LogP contribution in [0.4, 0.5) is 17.3 Å². The SMILES string of the molecule is Nc1ccccn1.Nc1cccnc1N. The van der Waals surface area contributed by atoms with Crippen molar-refractivity contribution in [2.24, 2.45) is 0 Å². The van der Waals surface area contributed by atoms with Gasteiger partial charge in [0, 0.05) is 12.4 Å². The molecule has 5 heteroatoms. The van der Waals surface area contributed by atoms with Crippen molar-refractivity contribution in [3.63, 3.8) is 0 Å². The summed E-state index contributed by atoms with van der Waals surface area (Å²) < 4.78 is 0. The third kappa shape index (κ3) is 3.95. The molecule has 0 fully saturated rings. The molecule has 0 spiro atoms. The first-order valence-corrected chi connectivity index (χ1v) is 4.32. The second-order valence-corrected chi connectivity index (χ2v) is 2.73. The molecule has 2 heterocycles. The van der Waals surface area contributed by atoms with Crippen LogP contribution in [0, 0.1) is 0 Å². The Morgan fingerprint density at radius 3 is 1.87 bits per heavy atom. The highest BCUT2D eigenvalue weighted by atomic mass is 14.9. The van der Waals surface area contributed by atoms with Crippen LogP contribution in [0.15, 0.2) is 42.7 Å². The van der Waals surface area contributed by atoms with Crippen LogP contribution in [0.5, 0.6) is 0 Å². The van der Waals surface area contributed by atoms with Gasteiger partial charge in [-0.2, -0.15) is 0 Å². The van der Waals surface area contributed by atoms with E-state index in [1.54, 1.807) is 30.6 Å². The van der Waals surface area contributed by atoms with E-state index in [0.717, 1.165) is 0 Å². The van der Waals surface area contributed by atoms with Gasteiger partial charge in [-0.15, -0.1) is 0 Å². The lowest BCUT2D eigenvalue weighted by molar-refractivity contribution is 1.34. The Balaban J connectivity index is 0.000000151. The second kappa shape index (κ2) is 5.43. The zero-order valence-electron chi connectivity index (χ0n) is 8.17. The molecule has 0 amide bonds. The predicted molar refractivity (Wildman–Crippen MR) is 61.7 cm³/mol. The molecule has 2 aromatic heterocycles. The van der Waals surface area contributed by atoms with Gasteiger partial charge in [0.25, 0.3) is 0 Å². The number of nitrogens with two attached hydrogens (primary N) is 3. The summed E-state index contributed by atoms with van der Waals surface area (Å²) in [6.45, 7) is 0. The van der Waals surface area contributed by atoms with Gasteiger partial charge in [0.1, 0.15) is 11.6 Å². The van der Waals surface area contributed by atoms with Crippen molar-refractivity contribution in [2.45, 2.75) is 0 Å². The molecule has 0 unspecified atom stereocenters. The number of hydrogen-bond acceptors (Lipinski definition) is 5. The van der Waals surface area contributed by atoms with Crippen molar-refractivity contribution in [1.29, 1.82) is 0 Å². The molecule has 0 aromatic carbocycles. The summed E-state index contributed by atoms with van der Waals surface area (Å²) in [6.07, 6.45) is 3.26. The van der Waals surface area contributed by atoms with Gasteiger partial charge in [0.2, 0.25) is 0 Å². The lowest BCUT2D eigenvalue weighted by Gasteiger charge is -1.92. The number of rotatable bonds is 0. The van der Waals surface area contributed by atoms with Crippen molar-refractivity contribution < 1.29 is 0 Å². The highest BCUT2D eigenvalue weighted by Crippen LogP contribution is 2.06. The van der Waals surface area contributed by atoms with Gasteiger partial charge >= 0.3 is 0 Å². The van der Waals surface area contributed by atoms with Gasteiger partial charge < -0.3 is 17.2 Å². The van der Waals surface area contributed by atoms with Crippen LogP contribution in [-0.2, 0) is 0 Å². The zero-order valence-corrected chi connectivity index (χ0v) is 8.17. The monoisotopic (exact) mass is 203 g/mol. The van der Waals surface area contributed by atoms with Crippen LogP contribution >= 0.6 is 0 Å². The Kier molecular flexibility index (Phi) is 3.91. The third-order valence-corrected chi connectivity index (χ3v) is 1.56. The smallest absolute Gasteiger partial charge is 0.146 e. The fourth-order valence-corrected chi connectivity index (χ4v) is 0.806. The molecule has 0 radical (unpaired) electrons. The highest BCUT2D eigenvalue weighted by Gasteiger charge is 1.87. The van der Waals surface area contributed by atoms with Crippen LogP contribution in [0.3, 0.4) is 0 Å². The molecule has 0 atom stereocenters. The number of pyridine rings is 2. The molecule has 2 rings (SSSR count). The van der Waals surface area contributed by atoms with Crippen molar-refractivity contribution in [1.82, 2.24) is 9.97 Å². The Labute approximate surface area is 88.0 Å². The van der Waals surface area contributed by atoms with Crippen LogP contribution in [0.1, 0.15) is 0 Å². The van der Waals surface area contributed by atoms with Gasteiger partial charge in [0.05, 0.1) is 5.69 Å². The number of hydrogen-bond donors (Lipinski definition) is 3. The normalized spacial score (nSPS) is 8.80. The maximum atomic E-state index is 5.33. The van der Waals surface area contributed by atoms with E-state index in [4.69, 9.17) is 17.2 Å². The quantitative estimate of drug-likeness (QED) is 0.590. The maximum Gasteiger partial charge on any atom is 0.146 e. The molecular weight excluding hydrogens is 190 g/mol. The van der Waals surface area contributed by atoms with E-state index < -0.39 is 0 Å². The molecule has 0 aliphatic rings. The van der Waals surface area contributed by atoms with Crippen molar-refractivity contribution in [3.8, 4) is 0 Å². The van der Waals surface area contributed by atoms with E-state index in [1.807, 2.05) is 12.1 Å². The van der Waals surface area contributed by atoms with Crippen LogP contribution in [0.2, 0.25) is 0 Å². The van der Waals surface area contributed by atoms with Crippen molar-refractivity contribution in [3.05, 3.63) is 42.7 Å². The topological polar surface area (TPSA) is 104 Å². The minimum atomic E-state index is 0.396. The predicted octanol–water partition coefficient (Wildman–Crippen LogP) is 0.910. The molecular formula is C10H13N5. The Bertz CT molecular complexity index is 381. The van der Waals surface area contributed by atoms with Gasteiger partial charge in [-0.05, 0) is 24.3 Å². The Hall–Kier alpha value is -2.30. The molecule has 0 aliphatic heterocycles. The van der Waals surface area contributed by atoms with Gasteiger partial charge in [-0.3, -0.25) is 0 Å². The largest absolute Gasteiger partial charge is 0.396 e. The van der Waals surface area contributed by atoms with Gasteiger partial charge in [0.15, 0.2) is 0 Å². The summed E-state index contributed by atoms with van der Waals surface area (Å²) >= 11 is 0. The lowest BCUT2D eigenvalue weighted by Crippen LogP contribution is -1.95. The number of nitrogen functional groups attached to an aromatic ring is 3. The molecule has 78 valence electrons. The highest BCUT2D eigenvalue weighted by molar-refractivity contribution is 5.56. The number of nitrogens with zero attached hydrogens (tertiary/aromatic N) is 2. The number of anilines is 3. The Morgan fingerprint density at radius 1 is 0.800 bits per heavy atom. The standard InChI is InChI=1S/C5H7N3.C5H6N2/c6-4-2-1-3-8-5(4)7;6-5-3-1-2-4-7-5/h1-3H,6H2,(H2,7,8);1-4H,(H2,6,7). The average Bonchev–Trinajstić information content (AvgIpc) is 2.25. The second-order valence-electron chi connectivity index (χ2n) is 2.73. The molecule has 0 bridgehead atoms. The molecule has 2 aromatic rings. The van der Waals surface area contributed by atoms with E-state index in [1.165, 1.54) is 0 Å². The maximum absolute atomic E-state index is 5.33. The summed E-state index contributed by atoms with van der Waals surface area (Å²) in [5.74, 6) is 0.968. The fourth-order valence-electron chi connectivity index (χ4n) is 0.806. The van der Waals surface area contributed by atoms with Crippen LogP contribution < -0.4 is 17.2 Å². The first-order valence-electron chi connectivity index (χ1n) is 4.32. The lowest BCUT2D eigenvalue weighted by atomic mass is 10.4. The van der Waals surface area contributed by atoms with Crippen molar-refractivity contribution in [2.75, 3.05) is 17.2 Å². The van der Waals surface area contributed by atoms with E-state index in [-0.39, 0.29) is 0 Å². The fraction of sp³-hybridized carbons (Fsp3) is 0. The summed E-state index contributed by atoms with van der Waals surface area (Å²) in [6, 6.07) is 8.88. The van der Waals surface area contributed by atoms with Gasteiger partial charge in [-0.25, -0.2) is 9.97 Å². The molecule has 0 saturated heterocycles. The first kappa shape index (κ1) is 10.8. The van der Waals surface area contributed by atoms with E-state index in [0.29, 0.717) is 17.3 Å². The summed E-state index contributed by atoms with van der Waals surface area (Å²) in [5.41, 5.74) is 16.4. The van der Waals surface area contributed by atoms with E-state index >= 15 is 0 Å². The van der Waals surface area contributed by atoms with Crippen molar-refractivity contribution >= 4 is 17.3 Å². The minimum absolute atomic E-state index is 0.396. The van der Waals surface area contributed by atoms with Crippen LogP contribution in [0.25, 0.3) is 0 Å². The molecule has 5 nitrogen and oxygen atoms in total. The molecule has 0 saturated carbocycles. The summed E-state index contributed by atoms with van der Waals surface area (Å²) in [5, 5.41) is 0. The Morgan fingerprint density at radius 2 is 1.53 bits per heavy atom. The third-order valence-electron chi connectivity index (χ3n) is 1.56. The molecule has 6 N–H and O–H groups in total. The first-order chi connectivity index (χ1) is 7.20. The van der Waals surface area contributed by atoms with Gasteiger partial charge in [-0.1, -0.05) is 6.07 Å². The van der Waals surface area contributed by atoms with E-state index in [2.05, 4.69) is 9.97 Å². The molecule has 0 aliphatic carbocycles. The summed E-state index contributed by atoms with van der Waals surface area (Å²) in [7, 11) is 0. The summed E-state index contributed by atoms with van der Waals surface area (Å²) in [4.78, 5) is 7.49. The average molecular weight is 203 g/mol. The van der Waals surface area contributed by atoms with E-state index in [9.17, 15) is 0 Å².